The number of benzene rings is 11. The van der Waals surface area contributed by atoms with Crippen molar-refractivity contribution in [3.8, 4) is 34.0 Å². The fourth-order valence-electron chi connectivity index (χ4n) is 11.0. The van der Waals surface area contributed by atoms with Gasteiger partial charge in [-0.25, -0.2) is 9.97 Å². The summed E-state index contributed by atoms with van der Waals surface area (Å²) in [6.07, 6.45) is 0. The average molecular weight is 853 g/mol. The Hall–Kier alpha value is -9.06. The monoisotopic (exact) mass is 852 g/mol. The van der Waals surface area contributed by atoms with Gasteiger partial charge in [0.1, 0.15) is 11.2 Å². The fraction of sp³-hybridized carbons (Fsp3) is 0. The molecule has 4 heterocycles. The molecule has 0 radical (unpaired) electrons. The number of rotatable bonds is 4. The summed E-state index contributed by atoms with van der Waals surface area (Å²) in [5.41, 5.74) is 12.4. The van der Waals surface area contributed by atoms with Gasteiger partial charge in [0.15, 0.2) is 5.82 Å². The van der Waals surface area contributed by atoms with E-state index in [-0.39, 0.29) is 0 Å². The highest BCUT2D eigenvalue weighted by Gasteiger charge is 2.21. The summed E-state index contributed by atoms with van der Waals surface area (Å²) in [7, 11) is 0. The third-order valence-electron chi connectivity index (χ3n) is 14.0. The lowest BCUT2D eigenvalue weighted by atomic mass is 10.0. The Kier molecular flexibility index (Phi) is 7.44. The molecule has 0 fully saturated rings. The van der Waals surface area contributed by atoms with Gasteiger partial charge in [0.05, 0.1) is 44.7 Å². The second-order valence-corrected chi connectivity index (χ2v) is 17.7. The van der Waals surface area contributed by atoms with E-state index < -0.39 is 0 Å². The van der Waals surface area contributed by atoms with Crippen LogP contribution < -0.4 is 0 Å². The van der Waals surface area contributed by atoms with Gasteiger partial charge >= 0.3 is 0 Å². The topological polar surface area (TPSA) is 48.8 Å². The lowest BCUT2D eigenvalue weighted by Gasteiger charge is -2.15. The molecule has 0 saturated heterocycles. The molecule has 15 aromatic rings. The largest absolute Gasteiger partial charge is 0.455 e. The lowest BCUT2D eigenvalue weighted by Crippen LogP contribution is -1.98. The fourth-order valence-corrected chi connectivity index (χ4v) is 11.0. The van der Waals surface area contributed by atoms with Gasteiger partial charge in [-0.2, -0.15) is 0 Å². The molecule has 5 nitrogen and oxygen atoms in total. The van der Waals surface area contributed by atoms with Crippen LogP contribution in [0.15, 0.2) is 223 Å². The average Bonchev–Trinajstić information content (AvgIpc) is 4.04. The van der Waals surface area contributed by atoms with Crippen LogP contribution in [0.4, 0.5) is 0 Å². The van der Waals surface area contributed by atoms with E-state index in [0.29, 0.717) is 5.82 Å². The van der Waals surface area contributed by atoms with Crippen LogP contribution in [0, 0.1) is 0 Å². The van der Waals surface area contributed by atoms with Crippen molar-refractivity contribution in [2.24, 2.45) is 0 Å². The van der Waals surface area contributed by atoms with E-state index in [9.17, 15) is 0 Å². The van der Waals surface area contributed by atoms with Gasteiger partial charge in [-0.15, -0.1) is 0 Å². The van der Waals surface area contributed by atoms with E-state index in [1.54, 1.807) is 0 Å². The maximum absolute atomic E-state index is 6.53. The van der Waals surface area contributed by atoms with Crippen LogP contribution in [0.3, 0.4) is 0 Å². The highest BCUT2D eigenvalue weighted by atomic mass is 16.3. The molecule has 0 unspecified atom stereocenters. The van der Waals surface area contributed by atoms with Crippen molar-refractivity contribution in [3.63, 3.8) is 0 Å². The molecule has 5 heteroatoms. The first-order valence-electron chi connectivity index (χ1n) is 22.8. The first kappa shape index (κ1) is 36.3. The molecule has 0 saturated carbocycles. The zero-order valence-corrected chi connectivity index (χ0v) is 36.0. The molecule has 0 bridgehead atoms. The van der Waals surface area contributed by atoms with E-state index in [4.69, 9.17) is 14.4 Å². The summed E-state index contributed by atoms with van der Waals surface area (Å²) in [5.74, 6) is 0.671. The minimum absolute atomic E-state index is 0.671. The minimum Gasteiger partial charge on any atom is -0.455 e. The number of para-hydroxylation sites is 5. The van der Waals surface area contributed by atoms with Crippen LogP contribution in [0.2, 0.25) is 0 Å². The van der Waals surface area contributed by atoms with Crippen molar-refractivity contribution in [2.75, 3.05) is 0 Å². The molecule has 0 aliphatic rings. The molecule has 0 N–H and O–H groups in total. The number of nitrogens with zero attached hydrogens (tertiary/aromatic N) is 4. The van der Waals surface area contributed by atoms with Gasteiger partial charge in [0.25, 0.3) is 0 Å². The van der Waals surface area contributed by atoms with Gasteiger partial charge in [-0.1, -0.05) is 146 Å². The van der Waals surface area contributed by atoms with Crippen LogP contribution in [0.5, 0.6) is 0 Å². The maximum atomic E-state index is 6.53. The second-order valence-electron chi connectivity index (χ2n) is 17.7. The molecule has 0 amide bonds. The van der Waals surface area contributed by atoms with Gasteiger partial charge in [0, 0.05) is 59.6 Å². The standard InChI is InChI=1S/C62H36N4O/c1-2-15-38-34-57-50(33-37(38)14-1)43-18-4-8-25-54(43)66(57)56-28-12-17-40-35-58-51(36-49(40)56)44-19-5-9-26-55(44)65(58)53-27-11-16-39-32-41(30-31-42(39)53)62-63-52-24-7-3-21-47(52)60(64-62)48-23-13-22-46-45-20-6-10-29-59(45)67-61(46)48/h1-36H. The summed E-state index contributed by atoms with van der Waals surface area (Å²) < 4.78 is 11.4. The van der Waals surface area contributed by atoms with Gasteiger partial charge in [-0.3, -0.25) is 0 Å². The molecule has 0 atom stereocenters. The quantitative estimate of drug-likeness (QED) is 0.177. The van der Waals surface area contributed by atoms with Crippen LogP contribution in [0.1, 0.15) is 0 Å². The smallest absolute Gasteiger partial charge is 0.160 e. The number of hydrogen-bond acceptors (Lipinski definition) is 3. The van der Waals surface area contributed by atoms with Crippen LogP contribution >= 0.6 is 0 Å². The molecule has 67 heavy (non-hydrogen) atoms. The highest BCUT2D eigenvalue weighted by molar-refractivity contribution is 6.18. The van der Waals surface area contributed by atoms with E-state index in [1.165, 1.54) is 59.8 Å². The number of fused-ring (bicyclic) bond motifs is 13. The van der Waals surface area contributed by atoms with E-state index in [0.717, 1.165) is 77.2 Å². The number of furan rings is 1. The first-order chi connectivity index (χ1) is 33.2. The summed E-state index contributed by atoms with van der Waals surface area (Å²) >= 11 is 0. The molecule has 0 aliphatic carbocycles. The van der Waals surface area contributed by atoms with E-state index in [1.807, 2.05) is 18.2 Å². The Labute approximate surface area is 383 Å². The first-order valence-corrected chi connectivity index (χ1v) is 22.8. The van der Waals surface area contributed by atoms with Crippen molar-refractivity contribution in [1.82, 2.24) is 19.1 Å². The van der Waals surface area contributed by atoms with E-state index >= 15 is 0 Å². The molecule has 4 aromatic heterocycles. The molecule has 0 aliphatic heterocycles. The zero-order valence-electron chi connectivity index (χ0n) is 36.0. The Morgan fingerprint density at radius 3 is 1.67 bits per heavy atom. The molecule has 15 rings (SSSR count). The molecule has 0 spiro atoms. The Balaban J connectivity index is 0.913. The van der Waals surface area contributed by atoms with Crippen LogP contribution in [-0.2, 0) is 0 Å². The molecular formula is C62H36N4O. The Bertz CT molecular complexity index is 4590. The van der Waals surface area contributed by atoms with Crippen molar-refractivity contribution in [2.45, 2.75) is 0 Å². The summed E-state index contributed by atoms with van der Waals surface area (Å²) in [6.45, 7) is 0. The second kappa shape index (κ2) is 13.7. The minimum atomic E-state index is 0.671. The SMILES string of the molecule is c1ccc2cc3c(cc2c1)c1ccccc1n3-c1cccc2cc3c(cc12)c1ccccc1n3-c1cccc2cc(-c3nc(-c4cccc5c4oc4ccccc45)c4ccccc4n3)ccc12. The van der Waals surface area contributed by atoms with Gasteiger partial charge in [-0.05, 0) is 94.3 Å². The van der Waals surface area contributed by atoms with Crippen molar-refractivity contribution < 1.29 is 4.42 Å². The third kappa shape index (κ3) is 5.25. The molecular weight excluding hydrogens is 817 g/mol. The highest BCUT2D eigenvalue weighted by Crippen LogP contribution is 2.43. The predicted molar refractivity (Wildman–Crippen MR) is 279 cm³/mol. The maximum Gasteiger partial charge on any atom is 0.160 e. The van der Waals surface area contributed by atoms with Crippen LogP contribution in [0.25, 0.3) is 143 Å². The van der Waals surface area contributed by atoms with E-state index in [2.05, 4.69) is 209 Å². The van der Waals surface area contributed by atoms with Crippen molar-refractivity contribution in [1.29, 1.82) is 0 Å². The predicted octanol–water partition coefficient (Wildman–Crippen LogP) is 16.5. The number of hydrogen-bond donors (Lipinski definition) is 0. The normalized spacial score (nSPS) is 12.2. The Morgan fingerprint density at radius 2 is 0.896 bits per heavy atom. The molecule has 310 valence electrons. The van der Waals surface area contributed by atoms with Crippen molar-refractivity contribution >= 4 is 109 Å². The third-order valence-corrected chi connectivity index (χ3v) is 14.0. The zero-order chi connectivity index (χ0) is 43.7. The van der Waals surface area contributed by atoms with Gasteiger partial charge < -0.3 is 13.6 Å². The van der Waals surface area contributed by atoms with Crippen molar-refractivity contribution in [3.05, 3.63) is 218 Å². The van der Waals surface area contributed by atoms with Gasteiger partial charge in [0.2, 0.25) is 0 Å². The lowest BCUT2D eigenvalue weighted by molar-refractivity contribution is 0.670. The summed E-state index contributed by atoms with van der Waals surface area (Å²) in [6, 6.07) is 78.6. The number of aromatic nitrogens is 4. The summed E-state index contributed by atoms with van der Waals surface area (Å²) in [5, 5.41) is 15.2. The van der Waals surface area contributed by atoms with Crippen LogP contribution in [-0.4, -0.2) is 19.1 Å². The summed E-state index contributed by atoms with van der Waals surface area (Å²) in [4.78, 5) is 10.5. The Morgan fingerprint density at radius 1 is 0.328 bits per heavy atom. The molecule has 11 aromatic carbocycles.